The topological polar surface area (TPSA) is 43.4 Å². The first-order valence-electron chi connectivity index (χ1n) is 6.89. The molecule has 4 heteroatoms. The third-order valence-electron chi connectivity index (χ3n) is 4.76. The summed E-state index contributed by atoms with van der Waals surface area (Å²) in [5.74, 6) is 0.656. The van der Waals surface area contributed by atoms with Crippen molar-refractivity contribution in [2.75, 3.05) is 0 Å². The number of aryl methyl sites for hydroxylation is 1. The zero-order chi connectivity index (χ0) is 13.7. The van der Waals surface area contributed by atoms with Crippen molar-refractivity contribution in [2.24, 2.45) is 11.3 Å². The Hall–Kier alpha value is -0.870. The van der Waals surface area contributed by atoms with Crippen molar-refractivity contribution in [3.8, 4) is 0 Å². The minimum atomic E-state index is -3.62. The summed E-state index contributed by atoms with van der Waals surface area (Å²) in [6, 6.07) is 6.86. The third kappa shape index (κ3) is 2.32. The maximum absolute atomic E-state index is 12.3. The molecule has 0 saturated heterocycles. The number of rotatable bonds is 3. The zero-order valence-electron chi connectivity index (χ0n) is 11.4. The molecule has 0 heterocycles. The molecule has 3 unspecified atom stereocenters. The zero-order valence-corrected chi connectivity index (χ0v) is 12.2. The minimum Gasteiger partial charge on any atom is -0.262 e. The van der Waals surface area contributed by atoms with Crippen molar-refractivity contribution in [2.45, 2.75) is 50.5 Å². The number of hydrogen-bond acceptors (Lipinski definition) is 3. The van der Waals surface area contributed by atoms with Crippen molar-refractivity contribution in [3.63, 3.8) is 0 Å². The second kappa shape index (κ2) is 4.32. The van der Waals surface area contributed by atoms with Gasteiger partial charge < -0.3 is 0 Å². The maximum atomic E-state index is 12.3. The molecule has 104 valence electrons. The van der Waals surface area contributed by atoms with Crippen LogP contribution in [0.3, 0.4) is 0 Å². The largest absolute Gasteiger partial charge is 0.297 e. The summed E-state index contributed by atoms with van der Waals surface area (Å²) in [6.45, 7) is 4.10. The lowest BCUT2D eigenvalue weighted by atomic mass is 9.84. The van der Waals surface area contributed by atoms with Crippen LogP contribution in [0.1, 0.15) is 38.2 Å². The molecule has 19 heavy (non-hydrogen) atoms. The number of fused-ring (bicyclic) bond motifs is 2. The van der Waals surface area contributed by atoms with Gasteiger partial charge in [-0.2, -0.15) is 8.42 Å². The highest BCUT2D eigenvalue weighted by atomic mass is 32.2. The predicted octanol–water partition coefficient (Wildman–Crippen LogP) is 3.28. The van der Waals surface area contributed by atoms with E-state index in [0.717, 1.165) is 24.8 Å². The van der Waals surface area contributed by atoms with Crippen LogP contribution in [0.4, 0.5) is 0 Å². The molecule has 0 aromatic heterocycles. The Bertz CT molecular complexity index is 576. The first-order valence-corrected chi connectivity index (χ1v) is 8.30. The van der Waals surface area contributed by atoms with Gasteiger partial charge in [-0.3, -0.25) is 4.18 Å². The average Bonchev–Trinajstić information content (AvgIpc) is 2.84. The van der Waals surface area contributed by atoms with E-state index in [0.29, 0.717) is 5.92 Å². The van der Waals surface area contributed by atoms with Gasteiger partial charge in [-0.25, -0.2) is 0 Å². The van der Waals surface area contributed by atoms with Gasteiger partial charge in [0.2, 0.25) is 0 Å². The van der Waals surface area contributed by atoms with Crippen molar-refractivity contribution in [3.05, 3.63) is 29.8 Å². The summed E-state index contributed by atoms with van der Waals surface area (Å²) in [4.78, 5) is 0.268. The normalized spacial score (nSPS) is 33.8. The molecule has 2 aliphatic carbocycles. The molecule has 3 nitrogen and oxygen atoms in total. The minimum absolute atomic E-state index is 0.0580. The summed E-state index contributed by atoms with van der Waals surface area (Å²) >= 11 is 0. The quantitative estimate of drug-likeness (QED) is 0.798. The van der Waals surface area contributed by atoms with Gasteiger partial charge in [0, 0.05) is 0 Å². The Morgan fingerprint density at radius 3 is 2.47 bits per heavy atom. The number of hydrogen-bond donors (Lipinski definition) is 0. The van der Waals surface area contributed by atoms with Crippen LogP contribution in [-0.2, 0) is 14.3 Å². The highest BCUT2D eigenvalue weighted by Crippen LogP contribution is 2.55. The van der Waals surface area contributed by atoms with E-state index in [9.17, 15) is 8.42 Å². The maximum Gasteiger partial charge on any atom is 0.297 e. The van der Waals surface area contributed by atoms with Gasteiger partial charge in [0.1, 0.15) is 0 Å². The van der Waals surface area contributed by atoms with E-state index in [4.69, 9.17) is 4.18 Å². The van der Waals surface area contributed by atoms with Crippen LogP contribution in [-0.4, -0.2) is 14.5 Å². The lowest BCUT2D eigenvalue weighted by Crippen LogP contribution is -2.32. The molecule has 2 aliphatic rings. The fourth-order valence-electron chi connectivity index (χ4n) is 3.55. The molecule has 1 aromatic carbocycles. The van der Waals surface area contributed by atoms with Crippen LogP contribution in [0, 0.1) is 18.3 Å². The number of benzene rings is 1. The summed E-state index contributed by atoms with van der Waals surface area (Å²) in [7, 11) is -3.62. The van der Waals surface area contributed by atoms with E-state index in [-0.39, 0.29) is 16.4 Å². The molecule has 3 rings (SSSR count). The van der Waals surface area contributed by atoms with Gasteiger partial charge in [0.05, 0.1) is 11.0 Å². The highest BCUT2D eigenvalue weighted by molar-refractivity contribution is 7.86. The van der Waals surface area contributed by atoms with Gasteiger partial charge in [-0.15, -0.1) is 0 Å². The Morgan fingerprint density at radius 2 is 1.95 bits per heavy atom. The van der Waals surface area contributed by atoms with Crippen LogP contribution in [0.15, 0.2) is 29.2 Å². The van der Waals surface area contributed by atoms with E-state index in [1.807, 2.05) is 6.92 Å². The third-order valence-corrected chi connectivity index (χ3v) is 6.09. The van der Waals surface area contributed by atoms with Crippen molar-refractivity contribution >= 4 is 10.1 Å². The van der Waals surface area contributed by atoms with Crippen LogP contribution >= 0.6 is 0 Å². The average molecular weight is 280 g/mol. The van der Waals surface area contributed by atoms with Crippen molar-refractivity contribution < 1.29 is 12.6 Å². The monoisotopic (exact) mass is 280 g/mol. The molecule has 3 atom stereocenters. The van der Waals surface area contributed by atoms with Gasteiger partial charge in [-0.05, 0) is 56.1 Å². The fourth-order valence-corrected chi connectivity index (χ4v) is 4.74. The second-order valence-corrected chi connectivity index (χ2v) is 7.92. The fraction of sp³-hybridized carbons (Fsp3) is 0.600. The Balaban J connectivity index is 1.81. The molecule has 2 bridgehead atoms. The first kappa shape index (κ1) is 13.1. The van der Waals surface area contributed by atoms with Crippen LogP contribution in [0.5, 0.6) is 0 Å². The highest BCUT2D eigenvalue weighted by Gasteiger charge is 2.51. The molecule has 1 aromatic rings. The summed E-state index contributed by atoms with van der Waals surface area (Å²) in [6.07, 6.45) is 4.17. The van der Waals surface area contributed by atoms with Gasteiger partial charge in [-0.1, -0.05) is 24.6 Å². The van der Waals surface area contributed by atoms with Crippen molar-refractivity contribution in [1.29, 1.82) is 0 Å². The Morgan fingerprint density at radius 1 is 1.26 bits per heavy atom. The molecular weight excluding hydrogens is 260 g/mol. The molecule has 0 amide bonds. The Kier molecular flexibility index (Phi) is 2.98. The van der Waals surface area contributed by atoms with Gasteiger partial charge in [0.25, 0.3) is 10.1 Å². The summed E-state index contributed by atoms with van der Waals surface area (Å²) < 4.78 is 30.1. The van der Waals surface area contributed by atoms with Crippen LogP contribution in [0.25, 0.3) is 0 Å². The molecule has 0 N–H and O–H groups in total. The first-order chi connectivity index (χ1) is 8.89. The molecule has 2 saturated carbocycles. The van der Waals surface area contributed by atoms with Crippen LogP contribution in [0.2, 0.25) is 0 Å². The standard InChI is InChI=1S/C15H20O3S/c1-11-3-5-13(6-4-11)19(16,17)18-14-9-12-7-8-15(14,2)10-12/h3-6,12,14H,7-10H2,1-2H3. The van der Waals surface area contributed by atoms with Gasteiger partial charge in [0.15, 0.2) is 0 Å². The van der Waals surface area contributed by atoms with E-state index in [1.165, 1.54) is 6.42 Å². The van der Waals surface area contributed by atoms with E-state index >= 15 is 0 Å². The van der Waals surface area contributed by atoms with Gasteiger partial charge >= 0.3 is 0 Å². The molecular formula is C15H20O3S. The van der Waals surface area contributed by atoms with E-state index < -0.39 is 10.1 Å². The SMILES string of the molecule is Cc1ccc(S(=O)(=O)OC2CC3CCC2(C)C3)cc1. The lowest BCUT2D eigenvalue weighted by Gasteiger charge is -2.30. The van der Waals surface area contributed by atoms with Crippen molar-refractivity contribution in [1.82, 2.24) is 0 Å². The Labute approximate surface area is 115 Å². The lowest BCUT2D eigenvalue weighted by molar-refractivity contribution is 0.0816. The smallest absolute Gasteiger partial charge is 0.262 e. The second-order valence-electron chi connectivity index (χ2n) is 6.35. The molecule has 2 fully saturated rings. The van der Waals surface area contributed by atoms with E-state index in [2.05, 4.69) is 6.92 Å². The summed E-state index contributed by atoms with van der Waals surface area (Å²) in [5, 5.41) is 0. The molecule has 0 spiro atoms. The molecule has 0 aliphatic heterocycles. The summed E-state index contributed by atoms with van der Waals surface area (Å²) in [5.41, 5.74) is 1.11. The van der Waals surface area contributed by atoms with E-state index in [1.54, 1.807) is 24.3 Å². The van der Waals surface area contributed by atoms with Crippen LogP contribution < -0.4 is 0 Å². The molecule has 0 radical (unpaired) electrons. The predicted molar refractivity (Wildman–Crippen MR) is 73.3 cm³/mol.